The van der Waals surface area contributed by atoms with Gasteiger partial charge in [0.1, 0.15) is 0 Å². The van der Waals surface area contributed by atoms with E-state index in [2.05, 4.69) is 13.2 Å². The third-order valence-corrected chi connectivity index (χ3v) is 3.09. The zero-order valence-electron chi connectivity index (χ0n) is 8.96. The van der Waals surface area contributed by atoms with Crippen LogP contribution in [-0.4, -0.2) is 12.0 Å². The third-order valence-electron chi connectivity index (χ3n) is 2.19. The van der Waals surface area contributed by atoms with Crippen LogP contribution in [0.1, 0.15) is 35.7 Å². The van der Waals surface area contributed by atoms with Crippen molar-refractivity contribution in [3.05, 3.63) is 29.3 Å². The second-order valence-electron chi connectivity index (χ2n) is 3.36. The van der Waals surface area contributed by atoms with Gasteiger partial charge in [0.25, 0.3) is 0 Å². The summed E-state index contributed by atoms with van der Waals surface area (Å²) in [6.07, 6.45) is 3.62. The average Bonchev–Trinajstić information content (AvgIpc) is 2.18. The molecule has 0 bridgehead atoms. The molecule has 0 saturated heterocycles. The molecular formula is C12H16OS. The zero-order valence-corrected chi connectivity index (χ0v) is 9.78. The van der Waals surface area contributed by atoms with Gasteiger partial charge in [-0.1, -0.05) is 13.0 Å². The van der Waals surface area contributed by atoms with Gasteiger partial charge in [0.15, 0.2) is 5.78 Å². The van der Waals surface area contributed by atoms with Crippen molar-refractivity contribution < 1.29 is 4.79 Å². The Kier molecular flexibility index (Phi) is 4.21. The molecular weight excluding hydrogens is 192 g/mol. The molecule has 0 radical (unpaired) electrons. The fraction of sp³-hybridized carbons (Fsp3) is 0.417. The minimum atomic E-state index is 0.253. The van der Waals surface area contributed by atoms with E-state index in [1.165, 1.54) is 10.5 Å². The number of aryl methyl sites for hydroxylation is 1. The van der Waals surface area contributed by atoms with Crippen LogP contribution in [0.25, 0.3) is 0 Å². The van der Waals surface area contributed by atoms with Crippen molar-refractivity contribution in [3.63, 3.8) is 0 Å². The van der Waals surface area contributed by atoms with E-state index in [9.17, 15) is 4.79 Å². The molecule has 0 aliphatic heterocycles. The lowest BCUT2D eigenvalue weighted by molar-refractivity contribution is 0.0981. The maximum Gasteiger partial charge on any atom is 0.162 e. The van der Waals surface area contributed by atoms with Crippen LogP contribution in [0.15, 0.2) is 23.1 Å². The molecule has 1 aromatic rings. The first-order valence-corrected chi connectivity index (χ1v) is 6.09. The number of hydrogen-bond acceptors (Lipinski definition) is 2. The maximum absolute atomic E-state index is 11.6. The first-order valence-electron chi connectivity index (χ1n) is 4.87. The predicted molar refractivity (Wildman–Crippen MR) is 62.2 cm³/mol. The summed E-state index contributed by atoms with van der Waals surface area (Å²) in [4.78, 5) is 12.8. The molecule has 1 aromatic carbocycles. The van der Waals surface area contributed by atoms with Crippen molar-refractivity contribution in [2.24, 2.45) is 0 Å². The highest BCUT2D eigenvalue weighted by Gasteiger charge is 2.05. The van der Waals surface area contributed by atoms with Gasteiger partial charge in [-0.25, -0.2) is 0 Å². The van der Waals surface area contributed by atoms with Crippen LogP contribution in [0, 0.1) is 6.92 Å². The van der Waals surface area contributed by atoms with Crippen LogP contribution in [0.5, 0.6) is 0 Å². The lowest BCUT2D eigenvalue weighted by Crippen LogP contribution is -1.98. The molecule has 0 aliphatic rings. The number of thioether (sulfide) groups is 1. The Morgan fingerprint density at radius 2 is 2.14 bits per heavy atom. The Bertz CT molecular complexity index is 331. The third kappa shape index (κ3) is 2.61. The molecule has 0 atom stereocenters. The zero-order chi connectivity index (χ0) is 10.6. The van der Waals surface area contributed by atoms with E-state index < -0.39 is 0 Å². The van der Waals surface area contributed by atoms with Crippen LogP contribution in [-0.2, 0) is 0 Å². The Labute approximate surface area is 89.9 Å². The SMILES string of the molecule is CCCC(=O)c1ccc(SC)c(C)c1. The molecule has 0 N–H and O–H groups in total. The molecule has 0 spiro atoms. The van der Waals surface area contributed by atoms with Gasteiger partial charge in [-0.3, -0.25) is 4.79 Å². The van der Waals surface area contributed by atoms with Crippen molar-refractivity contribution in [1.82, 2.24) is 0 Å². The molecule has 14 heavy (non-hydrogen) atoms. The number of carbonyl (C=O) groups is 1. The van der Waals surface area contributed by atoms with E-state index >= 15 is 0 Å². The molecule has 0 amide bonds. The van der Waals surface area contributed by atoms with Crippen LogP contribution >= 0.6 is 11.8 Å². The first-order chi connectivity index (χ1) is 6.69. The molecule has 1 rings (SSSR count). The molecule has 0 saturated carbocycles. The minimum absolute atomic E-state index is 0.253. The molecule has 0 fully saturated rings. The van der Waals surface area contributed by atoms with Gasteiger partial charge in [-0.2, -0.15) is 0 Å². The van der Waals surface area contributed by atoms with Gasteiger partial charge in [-0.05, 0) is 37.3 Å². The quantitative estimate of drug-likeness (QED) is 0.554. The predicted octanol–water partition coefficient (Wildman–Crippen LogP) is 3.70. The molecule has 0 heterocycles. The topological polar surface area (TPSA) is 17.1 Å². The lowest BCUT2D eigenvalue weighted by Gasteiger charge is -2.04. The molecule has 76 valence electrons. The van der Waals surface area contributed by atoms with Crippen molar-refractivity contribution in [1.29, 1.82) is 0 Å². The highest BCUT2D eigenvalue weighted by Crippen LogP contribution is 2.21. The van der Waals surface area contributed by atoms with E-state index in [-0.39, 0.29) is 5.78 Å². The Balaban J connectivity index is 2.91. The summed E-state index contributed by atoms with van der Waals surface area (Å²) >= 11 is 1.72. The van der Waals surface area contributed by atoms with Crippen molar-refractivity contribution in [2.45, 2.75) is 31.6 Å². The summed E-state index contributed by atoms with van der Waals surface area (Å²) in [5.74, 6) is 0.253. The van der Waals surface area contributed by atoms with Gasteiger partial charge >= 0.3 is 0 Å². The van der Waals surface area contributed by atoms with Gasteiger partial charge < -0.3 is 0 Å². The number of benzene rings is 1. The second-order valence-corrected chi connectivity index (χ2v) is 4.21. The minimum Gasteiger partial charge on any atom is -0.294 e. The summed E-state index contributed by atoms with van der Waals surface area (Å²) in [6, 6.07) is 5.95. The van der Waals surface area contributed by atoms with Gasteiger partial charge in [-0.15, -0.1) is 11.8 Å². The van der Waals surface area contributed by atoms with Gasteiger partial charge in [0.05, 0.1) is 0 Å². The fourth-order valence-electron chi connectivity index (χ4n) is 1.42. The summed E-state index contributed by atoms with van der Waals surface area (Å²) in [6.45, 7) is 4.08. The van der Waals surface area contributed by atoms with Crippen molar-refractivity contribution >= 4 is 17.5 Å². The number of ketones is 1. The second kappa shape index (κ2) is 5.20. The lowest BCUT2D eigenvalue weighted by atomic mass is 10.0. The van der Waals surface area contributed by atoms with E-state index in [1.807, 2.05) is 25.1 Å². The van der Waals surface area contributed by atoms with Crippen molar-refractivity contribution in [3.8, 4) is 0 Å². The van der Waals surface area contributed by atoms with E-state index in [0.29, 0.717) is 6.42 Å². The van der Waals surface area contributed by atoms with Crippen LogP contribution < -0.4 is 0 Å². The van der Waals surface area contributed by atoms with E-state index in [1.54, 1.807) is 11.8 Å². The largest absolute Gasteiger partial charge is 0.294 e. The fourth-order valence-corrected chi connectivity index (χ4v) is 2.01. The number of carbonyl (C=O) groups excluding carboxylic acids is 1. The first kappa shape index (κ1) is 11.3. The Morgan fingerprint density at radius 3 is 2.64 bits per heavy atom. The molecule has 0 unspecified atom stereocenters. The molecule has 0 aliphatic carbocycles. The Morgan fingerprint density at radius 1 is 1.43 bits per heavy atom. The van der Waals surface area contributed by atoms with Crippen LogP contribution in [0.3, 0.4) is 0 Å². The summed E-state index contributed by atoms with van der Waals surface area (Å²) < 4.78 is 0. The summed E-state index contributed by atoms with van der Waals surface area (Å²) in [5, 5.41) is 0. The monoisotopic (exact) mass is 208 g/mol. The average molecular weight is 208 g/mol. The summed E-state index contributed by atoms with van der Waals surface area (Å²) in [7, 11) is 0. The molecule has 0 aromatic heterocycles. The smallest absolute Gasteiger partial charge is 0.162 e. The standard InChI is InChI=1S/C12H16OS/c1-4-5-11(13)10-6-7-12(14-3)9(2)8-10/h6-8H,4-5H2,1-3H3. The van der Waals surface area contributed by atoms with E-state index in [0.717, 1.165) is 12.0 Å². The maximum atomic E-state index is 11.6. The normalized spacial score (nSPS) is 10.2. The highest BCUT2D eigenvalue weighted by molar-refractivity contribution is 7.98. The van der Waals surface area contributed by atoms with Crippen LogP contribution in [0.4, 0.5) is 0 Å². The number of rotatable bonds is 4. The van der Waals surface area contributed by atoms with Crippen LogP contribution in [0.2, 0.25) is 0 Å². The molecule has 1 nitrogen and oxygen atoms in total. The number of hydrogen-bond donors (Lipinski definition) is 0. The van der Waals surface area contributed by atoms with Gasteiger partial charge in [0, 0.05) is 16.9 Å². The van der Waals surface area contributed by atoms with Crippen molar-refractivity contribution in [2.75, 3.05) is 6.26 Å². The molecule has 2 heteroatoms. The number of Topliss-reactive ketones (excluding diaryl/α,β-unsaturated/α-hetero) is 1. The van der Waals surface area contributed by atoms with Gasteiger partial charge in [0.2, 0.25) is 0 Å². The summed E-state index contributed by atoms with van der Waals surface area (Å²) in [5.41, 5.74) is 2.04. The highest BCUT2D eigenvalue weighted by atomic mass is 32.2. The van der Waals surface area contributed by atoms with E-state index in [4.69, 9.17) is 0 Å². The Hall–Kier alpha value is -0.760.